The molecule has 7 rings (SSSR count). The van der Waals surface area contributed by atoms with Crippen LogP contribution < -0.4 is 37.2 Å². The number of likely N-dealkylation sites (tertiary alicyclic amines) is 1. The summed E-state index contributed by atoms with van der Waals surface area (Å²) in [7, 11) is 1.67. The molecule has 19 heteroatoms. The number of carbonyl (C=O) groups excluding carboxylic acids is 5. The molecule has 0 radical (unpaired) electrons. The van der Waals surface area contributed by atoms with Crippen molar-refractivity contribution in [3.05, 3.63) is 70.6 Å². The van der Waals surface area contributed by atoms with E-state index >= 15 is 0 Å². The van der Waals surface area contributed by atoms with Gasteiger partial charge in [-0.25, -0.2) is 8.78 Å². The molecule has 5 aliphatic heterocycles. The van der Waals surface area contributed by atoms with Crippen molar-refractivity contribution < 1.29 is 32.8 Å². The van der Waals surface area contributed by atoms with Crippen molar-refractivity contribution in [1.29, 1.82) is 5.41 Å². The molecule has 2 unspecified atom stereocenters. The average molecular weight is 915 g/mol. The van der Waals surface area contributed by atoms with Gasteiger partial charge in [0, 0.05) is 157 Å². The Morgan fingerprint density at radius 1 is 0.909 bits per heavy atom. The molecule has 3 fully saturated rings. The Labute approximate surface area is 385 Å². The number of carbonyl (C=O) groups is 5. The Kier molecular flexibility index (Phi) is 16.0. The summed E-state index contributed by atoms with van der Waals surface area (Å²) >= 11 is 0. The maximum Gasteiger partial charge on any atom is 0.264 e. The van der Waals surface area contributed by atoms with Gasteiger partial charge < -0.3 is 52.0 Å². The summed E-state index contributed by atoms with van der Waals surface area (Å²) in [6, 6.07) is 10.0. The Bertz CT molecular complexity index is 2200. The number of anilines is 3. The number of rotatable bonds is 16. The van der Waals surface area contributed by atoms with E-state index in [1.165, 1.54) is 6.07 Å². The van der Waals surface area contributed by atoms with E-state index in [-0.39, 0.29) is 54.1 Å². The first kappa shape index (κ1) is 48.0. The number of amides is 5. The number of piperazine rings is 1. The molecule has 5 aliphatic rings. The van der Waals surface area contributed by atoms with Crippen molar-refractivity contribution in [1.82, 2.24) is 35.6 Å². The van der Waals surface area contributed by atoms with Gasteiger partial charge in [0.05, 0.1) is 6.54 Å². The number of nitrogens with one attached hydrogen (secondary N) is 6. The number of allylic oxidation sites excluding steroid dienone is 1. The maximum absolute atomic E-state index is 14.6. The number of nitrogens with zero attached hydrogens (tertiary/aromatic N) is 5. The minimum atomic E-state index is -2.76. The maximum atomic E-state index is 14.6. The zero-order valence-corrected chi connectivity index (χ0v) is 38.0. The van der Waals surface area contributed by atoms with Gasteiger partial charge in [-0.05, 0) is 73.6 Å². The molecule has 5 amide bonds. The average Bonchev–Trinajstić information content (AvgIpc) is 3.30. The van der Waals surface area contributed by atoms with Gasteiger partial charge in [0.1, 0.15) is 12.2 Å². The Hall–Kier alpha value is -5.92. The molecular weight excluding hydrogens is 851 g/mol. The van der Waals surface area contributed by atoms with Crippen LogP contribution in [0.5, 0.6) is 0 Å². The fourth-order valence-corrected chi connectivity index (χ4v) is 9.66. The largest absolute Gasteiger partial charge is 0.393 e. The molecule has 0 bridgehead atoms. The topological polar surface area (TPSA) is 212 Å². The first-order valence-electron chi connectivity index (χ1n) is 23.1. The van der Waals surface area contributed by atoms with Crippen LogP contribution >= 0.6 is 0 Å². The van der Waals surface area contributed by atoms with E-state index in [0.29, 0.717) is 106 Å². The van der Waals surface area contributed by atoms with Gasteiger partial charge >= 0.3 is 0 Å². The highest BCUT2D eigenvalue weighted by Gasteiger charge is 2.34. The van der Waals surface area contributed by atoms with E-state index in [1.54, 1.807) is 49.3 Å². The molecule has 2 atom stereocenters. The van der Waals surface area contributed by atoms with Crippen molar-refractivity contribution in [3.8, 4) is 0 Å². The summed E-state index contributed by atoms with van der Waals surface area (Å²) in [5.74, 6) is -0.720. The van der Waals surface area contributed by atoms with Gasteiger partial charge in [-0.15, -0.1) is 0 Å². The summed E-state index contributed by atoms with van der Waals surface area (Å²) in [4.78, 5) is 72.7. The van der Waals surface area contributed by atoms with Gasteiger partial charge in [0.15, 0.2) is 0 Å². The van der Waals surface area contributed by atoms with Crippen molar-refractivity contribution in [3.63, 3.8) is 0 Å². The number of imide groups is 1. The van der Waals surface area contributed by atoms with Crippen molar-refractivity contribution in [2.45, 2.75) is 83.0 Å². The number of hydrogen-bond donors (Lipinski definition) is 7. The summed E-state index contributed by atoms with van der Waals surface area (Å²) in [5, 5.41) is 22.9. The van der Waals surface area contributed by atoms with Crippen LogP contribution in [-0.2, 0) is 30.4 Å². The van der Waals surface area contributed by atoms with Crippen molar-refractivity contribution in [2.75, 3.05) is 94.6 Å². The molecule has 3 saturated heterocycles. The molecule has 5 heterocycles. The summed E-state index contributed by atoms with van der Waals surface area (Å²) in [5.41, 5.74) is 12.2. The fourth-order valence-electron chi connectivity index (χ4n) is 9.66. The highest BCUT2D eigenvalue weighted by atomic mass is 19.3. The second-order valence-corrected chi connectivity index (χ2v) is 17.8. The number of benzene rings is 2. The van der Waals surface area contributed by atoms with Crippen LogP contribution in [0.2, 0.25) is 0 Å². The standard InChI is InChI=1S/C47H64F2N12O5/c1-30(62)60-18-12-39(38(28-60)46(51)61-14-4-5-31-23-36(32(26-50)27-52-2)37(45(48)49)25-41(31)61)53-33-10-16-59(17-11-33)44(65)13-15-57-19-21-58(22-20-57)29-43(64)55-35-7-3-6-34(24-35)54-40-8-9-42(63)56-47(40)66/h3,6-7,23-27,33,40,45-46,50,52-54H,4-5,8-22,28-29,51H2,1-2H3,(H,55,64)(H,56,63,66)/b32-27+,50-26?. The molecule has 356 valence electrons. The number of aryl methyl sites for hydroxylation is 1. The molecule has 0 spiro atoms. The number of halogens is 2. The van der Waals surface area contributed by atoms with Gasteiger partial charge in [-0.3, -0.25) is 34.2 Å². The van der Waals surface area contributed by atoms with E-state index in [9.17, 15) is 32.8 Å². The summed E-state index contributed by atoms with van der Waals surface area (Å²) in [6.45, 7) is 7.96. The number of fused-ring (bicyclic) bond motifs is 1. The Balaban J connectivity index is 0.880. The minimum absolute atomic E-state index is 0.0583. The zero-order valence-electron chi connectivity index (χ0n) is 38.0. The number of alkyl halides is 2. The molecule has 66 heavy (non-hydrogen) atoms. The van der Waals surface area contributed by atoms with E-state index in [2.05, 4.69) is 36.4 Å². The van der Waals surface area contributed by atoms with Crippen LogP contribution in [0.4, 0.5) is 25.8 Å². The Morgan fingerprint density at radius 3 is 2.35 bits per heavy atom. The molecule has 0 aliphatic carbocycles. The zero-order chi connectivity index (χ0) is 46.9. The van der Waals surface area contributed by atoms with Crippen molar-refractivity contribution in [2.24, 2.45) is 5.73 Å². The molecule has 17 nitrogen and oxygen atoms in total. The van der Waals surface area contributed by atoms with E-state index in [0.717, 1.165) is 55.4 Å². The van der Waals surface area contributed by atoms with Crippen molar-refractivity contribution >= 4 is 58.4 Å². The summed E-state index contributed by atoms with van der Waals surface area (Å²) < 4.78 is 29.1. The predicted molar refractivity (Wildman–Crippen MR) is 250 cm³/mol. The van der Waals surface area contributed by atoms with Crippen LogP contribution in [-0.4, -0.2) is 153 Å². The molecule has 8 N–H and O–H groups in total. The van der Waals surface area contributed by atoms with E-state index in [1.807, 2.05) is 15.9 Å². The third-order valence-corrected chi connectivity index (χ3v) is 13.4. The SMILES string of the molecule is CN/C=C(\C=N)c1cc2c(cc1C(F)F)N(C(N)C1=C(NC3CCN(C(=O)CCN4CCN(CC(=O)Nc5cccc(NC6CCC(=O)NC6=O)c5)CC4)CC3)CCN(C(C)=O)C1)CCC2. The lowest BCUT2D eigenvalue weighted by atomic mass is 9.91. The van der Waals surface area contributed by atoms with Crippen LogP contribution in [0.1, 0.15) is 75.0 Å². The Morgan fingerprint density at radius 2 is 1.65 bits per heavy atom. The lowest BCUT2D eigenvalue weighted by Gasteiger charge is -2.42. The van der Waals surface area contributed by atoms with Crippen LogP contribution in [0.3, 0.4) is 0 Å². The predicted octanol–water partition coefficient (Wildman–Crippen LogP) is 2.82. The number of nitrogens with two attached hydrogens (primary N) is 1. The van der Waals surface area contributed by atoms with Crippen LogP contribution in [0.25, 0.3) is 5.57 Å². The molecular formula is C47H64F2N12O5. The normalized spacial score (nSPS) is 20.7. The summed E-state index contributed by atoms with van der Waals surface area (Å²) in [6.07, 6.45) is 3.81. The third kappa shape index (κ3) is 11.9. The van der Waals surface area contributed by atoms with Gasteiger partial charge in [0.2, 0.25) is 29.5 Å². The fraction of sp³-hybridized carbons (Fsp3) is 0.532. The van der Waals surface area contributed by atoms with E-state index in [4.69, 9.17) is 11.1 Å². The monoisotopic (exact) mass is 915 g/mol. The lowest BCUT2D eigenvalue weighted by Crippen LogP contribution is -2.53. The van der Waals surface area contributed by atoms with Crippen LogP contribution in [0.15, 0.2) is 53.9 Å². The van der Waals surface area contributed by atoms with Gasteiger partial charge in [-0.2, -0.15) is 0 Å². The first-order chi connectivity index (χ1) is 31.8. The smallest absolute Gasteiger partial charge is 0.264 e. The second-order valence-electron chi connectivity index (χ2n) is 17.8. The number of hydrogen-bond acceptors (Lipinski definition) is 13. The van der Waals surface area contributed by atoms with E-state index < -0.39 is 18.6 Å². The second kappa shape index (κ2) is 22.0. The number of piperidine rings is 2. The van der Waals surface area contributed by atoms with Gasteiger partial charge in [0.25, 0.3) is 6.43 Å². The highest BCUT2D eigenvalue weighted by Crippen LogP contribution is 2.38. The highest BCUT2D eigenvalue weighted by molar-refractivity contribution is 6.09. The van der Waals surface area contributed by atoms with Crippen LogP contribution in [0, 0.1) is 5.41 Å². The minimum Gasteiger partial charge on any atom is -0.393 e. The quantitative estimate of drug-likeness (QED) is 0.0958. The molecule has 0 aromatic heterocycles. The first-order valence-corrected chi connectivity index (χ1v) is 23.1. The molecule has 2 aromatic rings. The lowest BCUT2D eigenvalue weighted by molar-refractivity contribution is -0.134. The molecule has 2 aromatic carbocycles. The van der Waals surface area contributed by atoms with Gasteiger partial charge in [-0.1, -0.05) is 6.07 Å². The molecule has 0 saturated carbocycles. The third-order valence-electron chi connectivity index (χ3n) is 13.4.